The van der Waals surface area contributed by atoms with E-state index in [9.17, 15) is 9.90 Å². The molecule has 0 spiro atoms. The minimum absolute atomic E-state index is 0.124. The van der Waals surface area contributed by atoms with Crippen LogP contribution in [0, 0.1) is 0 Å². The molecule has 0 aliphatic heterocycles. The number of benzene rings is 2. The SMILES string of the molecule is O=c1[nH]c(-c2cccc(O)c2)nc(-c2ccccc2)c1Br. The Kier molecular flexibility index (Phi) is 3.58. The maximum atomic E-state index is 12.1. The van der Waals surface area contributed by atoms with Crippen molar-refractivity contribution in [2.24, 2.45) is 0 Å². The maximum absolute atomic E-state index is 12.1. The molecule has 104 valence electrons. The van der Waals surface area contributed by atoms with E-state index >= 15 is 0 Å². The lowest BCUT2D eigenvalue weighted by atomic mass is 10.1. The summed E-state index contributed by atoms with van der Waals surface area (Å²) in [6.45, 7) is 0. The molecule has 21 heavy (non-hydrogen) atoms. The van der Waals surface area contributed by atoms with Gasteiger partial charge in [-0.1, -0.05) is 42.5 Å². The summed E-state index contributed by atoms with van der Waals surface area (Å²) in [7, 11) is 0. The zero-order chi connectivity index (χ0) is 14.8. The van der Waals surface area contributed by atoms with Crippen molar-refractivity contribution in [3.63, 3.8) is 0 Å². The second kappa shape index (κ2) is 5.54. The maximum Gasteiger partial charge on any atom is 0.266 e. The Morgan fingerprint density at radius 3 is 2.43 bits per heavy atom. The molecule has 0 bridgehead atoms. The fraction of sp³-hybridized carbons (Fsp3) is 0. The third-order valence-corrected chi connectivity index (χ3v) is 3.77. The van der Waals surface area contributed by atoms with E-state index in [1.165, 1.54) is 0 Å². The van der Waals surface area contributed by atoms with E-state index in [0.29, 0.717) is 21.6 Å². The van der Waals surface area contributed by atoms with Gasteiger partial charge in [-0.2, -0.15) is 0 Å². The molecule has 0 aliphatic rings. The molecule has 0 atom stereocenters. The van der Waals surface area contributed by atoms with Crippen LogP contribution < -0.4 is 5.56 Å². The van der Waals surface area contributed by atoms with Crippen molar-refractivity contribution in [3.8, 4) is 28.4 Å². The van der Waals surface area contributed by atoms with Crippen LogP contribution >= 0.6 is 15.9 Å². The van der Waals surface area contributed by atoms with Gasteiger partial charge in [0.1, 0.15) is 16.0 Å². The summed E-state index contributed by atoms with van der Waals surface area (Å²) in [4.78, 5) is 19.3. The Morgan fingerprint density at radius 2 is 1.71 bits per heavy atom. The molecular formula is C16H11BrN2O2. The zero-order valence-electron chi connectivity index (χ0n) is 10.9. The molecule has 4 nitrogen and oxygen atoms in total. The smallest absolute Gasteiger partial charge is 0.266 e. The van der Waals surface area contributed by atoms with Crippen molar-refractivity contribution < 1.29 is 5.11 Å². The molecule has 5 heteroatoms. The molecule has 0 saturated heterocycles. The lowest BCUT2D eigenvalue weighted by Gasteiger charge is -2.07. The molecule has 1 heterocycles. The monoisotopic (exact) mass is 342 g/mol. The van der Waals surface area contributed by atoms with E-state index in [1.54, 1.807) is 24.3 Å². The number of phenols is 1. The summed E-state index contributed by atoms with van der Waals surface area (Å²) in [5.74, 6) is 0.539. The van der Waals surface area contributed by atoms with Crippen LogP contribution in [0.4, 0.5) is 0 Å². The van der Waals surface area contributed by atoms with Crippen molar-refractivity contribution in [2.75, 3.05) is 0 Å². The topological polar surface area (TPSA) is 66.0 Å². The molecule has 0 amide bonds. The van der Waals surface area contributed by atoms with E-state index in [-0.39, 0.29) is 11.3 Å². The summed E-state index contributed by atoms with van der Waals surface area (Å²) in [6.07, 6.45) is 0. The van der Waals surface area contributed by atoms with Crippen LogP contribution in [0.25, 0.3) is 22.6 Å². The number of phenolic OH excluding ortho intramolecular Hbond substituents is 1. The molecule has 3 aromatic rings. The van der Waals surface area contributed by atoms with Gasteiger partial charge in [-0.05, 0) is 28.1 Å². The lowest BCUT2D eigenvalue weighted by Crippen LogP contribution is -2.11. The zero-order valence-corrected chi connectivity index (χ0v) is 12.5. The van der Waals surface area contributed by atoms with E-state index in [1.807, 2.05) is 30.3 Å². The highest BCUT2D eigenvalue weighted by molar-refractivity contribution is 9.10. The van der Waals surface area contributed by atoms with Gasteiger partial charge in [0.15, 0.2) is 0 Å². The Hall–Kier alpha value is -2.40. The van der Waals surface area contributed by atoms with Crippen molar-refractivity contribution in [2.45, 2.75) is 0 Å². The van der Waals surface area contributed by atoms with Crippen LogP contribution in [0.5, 0.6) is 5.75 Å². The molecule has 0 radical (unpaired) electrons. The second-order valence-corrected chi connectivity index (χ2v) is 5.29. The highest BCUT2D eigenvalue weighted by atomic mass is 79.9. The van der Waals surface area contributed by atoms with Gasteiger partial charge in [-0.3, -0.25) is 4.79 Å². The van der Waals surface area contributed by atoms with E-state index in [0.717, 1.165) is 5.56 Å². The van der Waals surface area contributed by atoms with Crippen molar-refractivity contribution in [1.82, 2.24) is 9.97 Å². The minimum atomic E-state index is -0.262. The average Bonchev–Trinajstić information content (AvgIpc) is 2.51. The molecule has 0 aliphatic carbocycles. The van der Waals surface area contributed by atoms with Gasteiger partial charge < -0.3 is 10.1 Å². The number of aromatic amines is 1. The predicted octanol–water partition coefficient (Wildman–Crippen LogP) is 3.57. The fourth-order valence-corrected chi connectivity index (χ4v) is 2.45. The van der Waals surface area contributed by atoms with Crippen molar-refractivity contribution in [1.29, 1.82) is 0 Å². The van der Waals surface area contributed by atoms with Gasteiger partial charge in [0, 0.05) is 11.1 Å². The summed E-state index contributed by atoms with van der Waals surface area (Å²) in [5, 5.41) is 9.56. The van der Waals surface area contributed by atoms with Crippen molar-refractivity contribution >= 4 is 15.9 Å². The number of hydrogen-bond acceptors (Lipinski definition) is 3. The summed E-state index contributed by atoms with van der Waals surface area (Å²) < 4.78 is 0.387. The highest BCUT2D eigenvalue weighted by Gasteiger charge is 2.12. The highest BCUT2D eigenvalue weighted by Crippen LogP contribution is 2.26. The first-order valence-corrected chi connectivity index (χ1v) is 7.09. The van der Waals surface area contributed by atoms with E-state index in [2.05, 4.69) is 25.9 Å². The molecule has 2 aromatic carbocycles. The molecule has 0 fully saturated rings. The van der Waals surface area contributed by atoms with Crippen LogP contribution in [0.2, 0.25) is 0 Å². The van der Waals surface area contributed by atoms with Gasteiger partial charge in [-0.15, -0.1) is 0 Å². The minimum Gasteiger partial charge on any atom is -0.508 e. The quantitative estimate of drug-likeness (QED) is 0.748. The first-order valence-electron chi connectivity index (χ1n) is 6.30. The largest absolute Gasteiger partial charge is 0.508 e. The van der Waals surface area contributed by atoms with Gasteiger partial charge in [0.2, 0.25) is 0 Å². The van der Waals surface area contributed by atoms with Crippen LogP contribution in [0.1, 0.15) is 0 Å². The van der Waals surface area contributed by atoms with Crippen molar-refractivity contribution in [3.05, 3.63) is 69.4 Å². The van der Waals surface area contributed by atoms with Gasteiger partial charge in [0.05, 0.1) is 5.69 Å². The summed E-state index contributed by atoms with van der Waals surface area (Å²) in [6, 6.07) is 16.1. The van der Waals surface area contributed by atoms with E-state index in [4.69, 9.17) is 0 Å². The first kappa shape index (κ1) is 13.6. The predicted molar refractivity (Wildman–Crippen MR) is 85.1 cm³/mol. The second-order valence-electron chi connectivity index (χ2n) is 4.49. The Labute approximate surface area is 129 Å². The van der Waals surface area contributed by atoms with Crippen LogP contribution in [-0.4, -0.2) is 15.1 Å². The van der Waals surface area contributed by atoms with Crippen LogP contribution in [0.15, 0.2) is 63.9 Å². The lowest BCUT2D eigenvalue weighted by molar-refractivity contribution is 0.475. The van der Waals surface area contributed by atoms with Gasteiger partial charge in [-0.25, -0.2) is 4.98 Å². The third kappa shape index (κ3) is 2.73. The number of halogens is 1. The average molecular weight is 343 g/mol. The Balaban J connectivity index is 2.21. The Morgan fingerprint density at radius 1 is 1.00 bits per heavy atom. The molecule has 3 rings (SSSR count). The molecule has 0 unspecified atom stereocenters. The summed E-state index contributed by atoms with van der Waals surface area (Å²) >= 11 is 3.28. The number of hydrogen-bond donors (Lipinski definition) is 2. The normalized spacial score (nSPS) is 10.5. The number of rotatable bonds is 2. The number of H-pyrrole nitrogens is 1. The molecule has 2 N–H and O–H groups in total. The number of nitrogens with zero attached hydrogens (tertiary/aromatic N) is 1. The number of aromatic hydroxyl groups is 1. The molecule has 1 aromatic heterocycles. The van der Waals surface area contributed by atoms with Crippen LogP contribution in [0.3, 0.4) is 0 Å². The third-order valence-electron chi connectivity index (χ3n) is 3.03. The molecule has 0 saturated carbocycles. The van der Waals surface area contributed by atoms with Gasteiger partial charge >= 0.3 is 0 Å². The standard InChI is InChI=1S/C16H11BrN2O2/c17-13-14(10-5-2-1-3-6-10)18-15(19-16(13)21)11-7-4-8-12(20)9-11/h1-9,20H,(H,18,19,21). The Bertz CT molecular complexity index is 844. The number of nitrogens with one attached hydrogen (secondary N) is 1. The summed E-state index contributed by atoms with van der Waals surface area (Å²) in [5.41, 5.74) is 1.80. The first-order chi connectivity index (χ1) is 10.1. The number of aromatic nitrogens is 2. The fourth-order valence-electron chi connectivity index (χ4n) is 2.04. The van der Waals surface area contributed by atoms with Gasteiger partial charge in [0.25, 0.3) is 5.56 Å². The van der Waals surface area contributed by atoms with E-state index < -0.39 is 0 Å². The van der Waals surface area contributed by atoms with Crippen LogP contribution in [-0.2, 0) is 0 Å². The molecular weight excluding hydrogens is 332 g/mol.